The highest BCUT2D eigenvalue weighted by atomic mass is 32.4. The number of rotatable bonds is 4. The van der Waals surface area contributed by atoms with Crippen LogP contribution in [0.1, 0.15) is 0 Å². The minimum Gasteiger partial charge on any atom is -0.401 e. The summed E-state index contributed by atoms with van der Waals surface area (Å²) in [4.78, 5) is 21.0. The fourth-order valence-electron chi connectivity index (χ4n) is 0.402. The van der Waals surface area contributed by atoms with E-state index in [2.05, 4.69) is 4.74 Å². The van der Waals surface area contributed by atoms with Crippen molar-refractivity contribution in [2.75, 3.05) is 0 Å². The third-order valence-electron chi connectivity index (χ3n) is 0.744. The molecule has 0 rings (SSSR count). The van der Waals surface area contributed by atoms with Gasteiger partial charge in [-0.15, -0.1) is 0 Å². The monoisotopic (exact) mass is 262 g/mol. The third kappa shape index (κ3) is 7.82. The van der Waals surface area contributed by atoms with Gasteiger partial charge < -0.3 is 4.74 Å². The fourth-order valence-corrected chi connectivity index (χ4v) is 3.13. The number of hydrogen-bond donors (Lipinski definition) is 2. The zero-order chi connectivity index (χ0) is 10.4. The summed E-state index contributed by atoms with van der Waals surface area (Å²) in [6.07, 6.45) is 0. The van der Waals surface area contributed by atoms with Gasteiger partial charge >= 0.3 is 0 Å². The molecule has 0 bridgehead atoms. The molecule has 0 aliphatic carbocycles. The van der Waals surface area contributed by atoms with E-state index >= 15 is 0 Å². The lowest BCUT2D eigenvalue weighted by atomic mass is 11.4. The molecule has 0 saturated heterocycles. The topological polar surface area (TPSA) is 112 Å². The van der Waals surface area contributed by atoms with Crippen LogP contribution in [0.5, 0.6) is 0 Å². The standard InChI is InChI=1S/C2H6O7S2Si2/c3-1(12-10(5)6)9-2(4)13-11(7)8/h10-11H,12-13H2. The smallest absolute Gasteiger partial charge is 0.289 e. The molecular weight excluding hydrogens is 256 g/mol. The SMILES string of the molecule is O=C(OC(=O)[SiH2][SH](=O)=O)[SiH2][SH](=O)=O. The predicted octanol–water partition coefficient (Wildman–Crippen LogP) is -3.37. The van der Waals surface area contributed by atoms with Crippen molar-refractivity contribution in [3.05, 3.63) is 0 Å². The van der Waals surface area contributed by atoms with Crippen molar-refractivity contribution in [3.63, 3.8) is 0 Å². The van der Waals surface area contributed by atoms with Crippen LogP contribution in [-0.4, -0.2) is 45.4 Å². The van der Waals surface area contributed by atoms with Gasteiger partial charge in [0.05, 0.1) is 0 Å². The first-order valence-electron chi connectivity index (χ1n) is 2.89. The Labute approximate surface area is 80.3 Å². The van der Waals surface area contributed by atoms with E-state index < -0.39 is 48.8 Å². The first-order valence-corrected chi connectivity index (χ1v) is 10.8. The second kappa shape index (κ2) is 6.01. The zero-order valence-electron chi connectivity index (χ0n) is 6.17. The molecule has 0 aromatic heterocycles. The van der Waals surface area contributed by atoms with Gasteiger partial charge in [0.2, 0.25) is 0 Å². The summed E-state index contributed by atoms with van der Waals surface area (Å²) in [6, 6.07) is 0. The van der Waals surface area contributed by atoms with E-state index in [9.17, 15) is 26.4 Å². The summed E-state index contributed by atoms with van der Waals surface area (Å²) in [7, 11) is -9.85. The molecule has 0 unspecified atom stereocenters. The van der Waals surface area contributed by atoms with Gasteiger partial charge in [0.25, 0.3) is 28.5 Å². The summed E-state index contributed by atoms with van der Waals surface area (Å²) >= 11 is 0. The van der Waals surface area contributed by atoms with Crippen LogP contribution < -0.4 is 0 Å². The maximum atomic E-state index is 10.5. The van der Waals surface area contributed by atoms with Crippen LogP contribution in [0.25, 0.3) is 0 Å². The Kier molecular flexibility index (Phi) is 5.77. The van der Waals surface area contributed by atoms with E-state index in [-0.39, 0.29) is 0 Å². The maximum absolute atomic E-state index is 10.5. The minimum absolute atomic E-state index is 1.11. The Morgan fingerprint density at radius 1 is 0.846 bits per heavy atom. The number of hydrogen-bond acceptors (Lipinski definition) is 7. The molecule has 0 amide bonds. The van der Waals surface area contributed by atoms with E-state index in [1.807, 2.05) is 0 Å². The Morgan fingerprint density at radius 2 is 1.15 bits per heavy atom. The number of ether oxygens (including phenoxy) is 1. The van der Waals surface area contributed by atoms with Gasteiger partial charge in [0.15, 0.2) is 0 Å². The first kappa shape index (κ1) is 12.5. The Bertz CT molecular complexity index is 304. The summed E-state index contributed by atoms with van der Waals surface area (Å²) in [5, 5.41) is 0. The van der Waals surface area contributed by atoms with Crippen molar-refractivity contribution in [2.24, 2.45) is 0 Å². The van der Waals surface area contributed by atoms with Gasteiger partial charge in [-0.25, -0.2) is 16.8 Å². The van der Waals surface area contributed by atoms with Crippen LogP contribution in [0.15, 0.2) is 0 Å². The molecule has 0 spiro atoms. The molecule has 0 atom stereocenters. The van der Waals surface area contributed by atoms with Crippen molar-refractivity contribution in [1.29, 1.82) is 0 Å². The fraction of sp³-hybridized carbons (Fsp3) is 0. The van der Waals surface area contributed by atoms with E-state index in [0.29, 0.717) is 0 Å². The number of carbonyl (C=O) groups is 2. The van der Waals surface area contributed by atoms with Crippen molar-refractivity contribution >= 4 is 48.8 Å². The largest absolute Gasteiger partial charge is 0.401 e. The molecule has 0 aliphatic rings. The van der Waals surface area contributed by atoms with Gasteiger partial charge in [-0.3, -0.25) is 9.59 Å². The quantitative estimate of drug-likeness (QED) is 0.309. The molecule has 0 N–H and O–H groups in total. The predicted molar refractivity (Wildman–Crippen MR) is 49.6 cm³/mol. The molecule has 7 nitrogen and oxygen atoms in total. The summed E-state index contributed by atoms with van der Waals surface area (Å²) in [5.74, 6) is 0. The van der Waals surface area contributed by atoms with Crippen molar-refractivity contribution in [2.45, 2.75) is 0 Å². The normalized spacial score (nSPS) is 12.2. The van der Waals surface area contributed by atoms with Crippen LogP contribution in [0.2, 0.25) is 0 Å². The number of carbonyl (C=O) groups excluding carboxylic acids is 2. The van der Waals surface area contributed by atoms with Gasteiger partial charge in [0, 0.05) is 0 Å². The minimum atomic E-state index is -2.81. The van der Waals surface area contributed by atoms with Crippen LogP contribution in [0, 0.1) is 0 Å². The highest BCUT2D eigenvalue weighted by molar-refractivity contribution is 8.03. The lowest BCUT2D eigenvalue weighted by Gasteiger charge is -1.94. The van der Waals surface area contributed by atoms with Crippen molar-refractivity contribution < 1.29 is 31.2 Å². The lowest BCUT2D eigenvalue weighted by Crippen LogP contribution is -2.21. The lowest BCUT2D eigenvalue weighted by molar-refractivity contribution is 0.184. The van der Waals surface area contributed by atoms with Crippen LogP contribution in [-0.2, 0) is 25.0 Å². The molecule has 0 radical (unpaired) electrons. The highest BCUT2D eigenvalue weighted by Gasteiger charge is 2.13. The van der Waals surface area contributed by atoms with E-state index in [0.717, 1.165) is 0 Å². The molecular formula is C2H6O7S2Si2. The van der Waals surface area contributed by atoms with Gasteiger partial charge in [0.1, 0.15) is 20.3 Å². The zero-order valence-corrected chi connectivity index (χ0v) is 10.8. The van der Waals surface area contributed by atoms with Crippen molar-refractivity contribution in [1.82, 2.24) is 0 Å². The molecule has 0 aromatic rings. The van der Waals surface area contributed by atoms with Gasteiger partial charge in [-0.1, -0.05) is 0 Å². The highest BCUT2D eigenvalue weighted by Crippen LogP contribution is 1.83. The second-order valence-corrected chi connectivity index (χ2v) is 9.94. The Morgan fingerprint density at radius 3 is 1.38 bits per heavy atom. The second-order valence-electron chi connectivity index (χ2n) is 1.83. The van der Waals surface area contributed by atoms with Crippen LogP contribution >= 0.6 is 0 Å². The molecule has 13 heavy (non-hydrogen) atoms. The van der Waals surface area contributed by atoms with E-state index in [1.165, 1.54) is 0 Å². The Balaban J connectivity index is 3.99. The average molecular weight is 262 g/mol. The summed E-state index contributed by atoms with van der Waals surface area (Å²) in [5.41, 5.74) is -2.21. The van der Waals surface area contributed by atoms with Crippen molar-refractivity contribution in [3.8, 4) is 0 Å². The first-order chi connectivity index (χ1) is 5.91. The number of thiol groups is 2. The average Bonchev–Trinajstić information content (AvgIpc) is 1.80. The molecule has 76 valence electrons. The molecule has 0 saturated carbocycles. The van der Waals surface area contributed by atoms with Crippen LogP contribution in [0.4, 0.5) is 9.59 Å². The molecule has 11 heteroatoms. The molecule has 0 aliphatic heterocycles. The maximum Gasteiger partial charge on any atom is 0.289 e. The molecule has 0 fully saturated rings. The molecule has 0 heterocycles. The summed E-state index contributed by atoms with van der Waals surface area (Å²) in [6.45, 7) is 0. The summed E-state index contributed by atoms with van der Waals surface area (Å²) < 4.78 is 43.9. The van der Waals surface area contributed by atoms with E-state index in [4.69, 9.17) is 0 Å². The third-order valence-corrected chi connectivity index (χ3v) is 5.16. The Hall–Kier alpha value is -0.526. The van der Waals surface area contributed by atoms with E-state index in [1.54, 1.807) is 0 Å². The molecule has 0 aromatic carbocycles. The van der Waals surface area contributed by atoms with Gasteiger partial charge in [-0.05, 0) is 0 Å². The van der Waals surface area contributed by atoms with Gasteiger partial charge in [-0.2, -0.15) is 0 Å². The van der Waals surface area contributed by atoms with Crippen LogP contribution in [0.3, 0.4) is 0 Å².